The summed E-state index contributed by atoms with van der Waals surface area (Å²) >= 11 is 1.53. The van der Waals surface area contributed by atoms with Crippen molar-refractivity contribution < 1.29 is 9.53 Å². The Balaban J connectivity index is 3.20. The lowest BCUT2D eigenvalue weighted by Crippen LogP contribution is -2.08. The van der Waals surface area contributed by atoms with Gasteiger partial charge in [-0.05, 0) is 24.8 Å². The van der Waals surface area contributed by atoms with Gasteiger partial charge in [-0.1, -0.05) is 13.0 Å². The maximum absolute atomic E-state index is 11.7. The molecule has 0 saturated carbocycles. The summed E-state index contributed by atoms with van der Waals surface area (Å²) in [5.41, 5.74) is 0.760. The van der Waals surface area contributed by atoms with Crippen LogP contribution in [0.3, 0.4) is 0 Å². The Morgan fingerprint density at radius 1 is 1.50 bits per heavy atom. The molecule has 0 radical (unpaired) electrons. The zero-order valence-corrected chi connectivity index (χ0v) is 10.1. The van der Waals surface area contributed by atoms with Crippen molar-refractivity contribution in [2.75, 3.05) is 12.4 Å². The molecule has 84 valence electrons. The monoisotopic (exact) mass is 235 g/mol. The third-order valence-electron chi connectivity index (χ3n) is 1.93. The molecule has 0 aliphatic carbocycles. The molecule has 0 unspecified atom stereocenters. The lowest BCUT2D eigenvalue weighted by atomic mass is 10.1. The molecule has 3 nitrogen and oxygen atoms in total. The molecule has 0 aromatic heterocycles. The second kappa shape index (κ2) is 6.19. The molecule has 0 amide bonds. The molecule has 0 atom stereocenters. The van der Waals surface area contributed by atoms with Crippen molar-refractivity contribution in [3.63, 3.8) is 0 Å². The number of nitriles is 1. The number of carbonyl (C=O) groups is 1. The van der Waals surface area contributed by atoms with Crippen LogP contribution in [0.2, 0.25) is 0 Å². The first-order chi connectivity index (χ1) is 7.74. The summed E-state index contributed by atoms with van der Waals surface area (Å²) in [4.78, 5) is 12.5. The van der Waals surface area contributed by atoms with E-state index in [1.165, 1.54) is 11.8 Å². The maximum atomic E-state index is 11.7. The molecule has 0 aliphatic heterocycles. The summed E-state index contributed by atoms with van der Waals surface area (Å²) in [7, 11) is 0. The van der Waals surface area contributed by atoms with Gasteiger partial charge in [0.1, 0.15) is 6.07 Å². The van der Waals surface area contributed by atoms with Gasteiger partial charge in [0.15, 0.2) is 0 Å². The van der Waals surface area contributed by atoms with Gasteiger partial charge in [0.2, 0.25) is 0 Å². The molecule has 1 aromatic carbocycles. The smallest absolute Gasteiger partial charge is 0.340 e. The Hall–Kier alpha value is -1.47. The van der Waals surface area contributed by atoms with E-state index >= 15 is 0 Å². The average molecular weight is 235 g/mol. The van der Waals surface area contributed by atoms with Crippen molar-refractivity contribution in [2.45, 2.75) is 18.7 Å². The van der Waals surface area contributed by atoms with E-state index in [1.807, 2.05) is 19.1 Å². The second-order valence-corrected chi connectivity index (χ2v) is 4.25. The molecular formula is C12H13NO2S. The van der Waals surface area contributed by atoms with Crippen molar-refractivity contribution in [3.8, 4) is 6.07 Å². The summed E-state index contributed by atoms with van der Waals surface area (Å²) in [6.07, 6.45) is 0. The number of esters is 1. The largest absolute Gasteiger partial charge is 0.462 e. The summed E-state index contributed by atoms with van der Waals surface area (Å²) < 4.78 is 4.95. The number of ether oxygens (including phenoxy) is 1. The molecule has 0 heterocycles. The number of thioether (sulfide) groups is 1. The van der Waals surface area contributed by atoms with Crippen LogP contribution in [0, 0.1) is 11.3 Å². The number of benzene rings is 1. The SMILES string of the molecule is CCOC(=O)c1c(C#N)cccc1SCC. The molecule has 0 bridgehead atoms. The number of hydrogen-bond acceptors (Lipinski definition) is 4. The molecular weight excluding hydrogens is 222 g/mol. The van der Waals surface area contributed by atoms with Gasteiger partial charge in [-0.25, -0.2) is 4.79 Å². The van der Waals surface area contributed by atoms with Gasteiger partial charge in [0.25, 0.3) is 0 Å². The van der Waals surface area contributed by atoms with Crippen molar-refractivity contribution in [1.29, 1.82) is 5.26 Å². The third kappa shape index (κ3) is 2.77. The number of carbonyl (C=O) groups excluding carboxylic acids is 1. The Morgan fingerprint density at radius 2 is 2.25 bits per heavy atom. The molecule has 0 spiro atoms. The van der Waals surface area contributed by atoms with Crippen molar-refractivity contribution in [1.82, 2.24) is 0 Å². The highest BCUT2D eigenvalue weighted by molar-refractivity contribution is 7.99. The van der Waals surface area contributed by atoms with E-state index in [1.54, 1.807) is 19.1 Å². The second-order valence-electron chi connectivity index (χ2n) is 2.94. The van der Waals surface area contributed by atoms with Gasteiger partial charge in [0.05, 0.1) is 17.7 Å². The molecule has 0 aliphatic rings. The van der Waals surface area contributed by atoms with Gasteiger partial charge < -0.3 is 4.74 Å². The first kappa shape index (κ1) is 12.6. The summed E-state index contributed by atoms with van der Waals surface area (Å²) in [6, 6.07) is 7.26. The van der Waals surface area contributed by atoms with E-state index in [2.05, 4.69) is 0 Å². The van der Waals surface area contributed by atoms with Crippen LogP contribution < -0.4 is 0 Å². The fourth-order valence-corrected chi connectivity index (χ4v) is 2.14. The van der Waals surface area contributed by atoms with Crippen molar-refractivity contribution in [2.24, 2.45) is 0 Å². The minimum Gasteiger partial charge on any atom is -0.462 e. The van der Waals surface area contributed by atoms with E-state index in [-0.39, 0.29) is 0 Å². The maximum Gasteiger partial charge on any atom is 0.340 e. The molecule has 4 heteroatoms. The number of rotatable bonds is 4. The van der Waals surface area contributed by atoms with Crippen LogP contribution in [0.15, 0.2) is 23.1 Å². The highest BCUT2D eigenvalue weighted by atomic mass is 32.2. The van der Waals surface area contributed by atoms with Crippen molar-refractivity contribution in [3.05, 3.63) is 29.3 Å². The van der Waals surface area contributed by atoms with Gasteiger partial charge >= 0.3 is 5.97 Å². The number of nitrogens with zero attached hydrogens (tertiary/aromatic N) is 1. The minimum absolute atomic E-state index is 0.314. The standard InChI is InChI=1S/C12H13NO2S/c1-3-15-12(14)11-9(8-13)6-5-7-10(11)16-4-2/h5-7H,3-4H2,1-2H3. The topological polar surface area (TPSA) is 50.1 Å². The molecule has 1 aromatic rings. The van der Waals surface area contributed by atoms with E-state index in [4.69, 9.17) is 10.00 Å². The van der Waals surface area contributed by atoms with Crippen molar-refractivity contribution >= 4 is 17.7 Å². The Morgan fingerprint density at radius 3 is 2.81 bits per heavy atom. The Bertz CT molecular complexity index is 424. The van der Waals surface area contributed by atoms with Gasteiger partial charge in [-0.15, -0.1) is 11.8 Å². The number of hydrogen-bond donors (Lipinski definition) is 0. The zero-order chi connectivity index (χ0) is 12.0. The highest BCUT2D eigenvalue weighted by Gasteiger charge is 2.17. The lowest BCUT2D eigenvalue weighted by molar-refractivity contribution is 0.0522. The van der Waals surface area contributed by atoms with Crippen LogP contribution in [-0.4, -0.2) is 18.3 Å². The molecule has 0 saturated heterocycles. The summed E-state index contributed by atoms with van der Waals surface area (Å²) in [5, 5.41) is 8.96. The fraction of sp³-hybridized carbons (Fsp3) is 0.333. The normalized spacial score (nSPS) is 9.56. The van der Waals surface area contributed by atoms with E-state index in [0.717, 1.165) is 10.6 Å². The predicted molar refractivity (Wildman–Crippen MR) is 63.5 cm³/mol. The quantitative estimate of drug-likeness (QED) is 0.594. The Kier molecular flexibility index (Phi) is 4.87. The van der Waals surface area contributed by atoms with E-state index in [0.29, 0.717) is 17.7 Å². The summed E-state index contributed by atoms with van der Waals surface area (Å²) in [6.45, 7) is 4.06. The van der Waals surface area contributed by atoms with Gasteiger partial charge in [-0.2, -0.15) is 5.26 Å². The first-order valence-electron chi connectivity index (χ1n) is 5.07. The van der Waals surface area contributed by atoms with E-state index < -0.39 is 5.97 Å². The Labute approximate surface area is 99.4 Å². The van der Waals surface area contributed by atoms with E-state index in [9.17, 15) is 4.79 Å². The van der Waals surface area contributed by atoms with Crippen LogP contribution >= 0.6 is 11.8 Å². The van der Waals surface area contributed by atoms with Gasteiger partial charge in [-0.3, -0.25) is 0 Å². The average Bonchev–Trinajstić information content (AvgIpc) is 2.29. The summed E-state index contributed by atoms with van der Waals surface area (Å²) in [5.74, 6) is 0.428. The van der Waals surface area contributed by atoms with Crippen LogP contribution in [-0.2, 0) is 4.74 Å². The lowest BCUT2D eigenvalue weighted by Gasteiger charge is -2.08. The first-order valence-corrected chi connectivity index (χ1v) is 6.06. The highest BCUT2D eigenvalue weighted by Crippen LogP contribution is 2.25. The fourth-order valence-electron chi connectivity index (χ4n) is 1.31. The molecule has 0 fully saturated rings. The molecule has 1 rings (SSSR count). The van der Waals surface area contributed by atoms with Crippen LogP contribution in [0.1, 0.15) is 29.8 Å². The minimum atomic E-state index is -0.421. The zero-order valence-electron chi connectivity index (χ0n) is 9.32. The van der Waals surface area contributed by atoms with Crippen LogP contribution in [0.4, 0.5) is 0 Å². The van der Waals surface area contributed by atoms with Crippen LogP contribution in [0.5, 0.6) is 0 Å². The third-order valence-corrected chi connectivity index (χ3v) is 2.87. The molecule has 16 heavy (non-hydrogen) atoms. The van der Waals surface area contributed by atoms with Crippen LogP contribution in [0.25, 0.3) is 0 Å². The van der Waals surface area contributed by atoms with Gasteiger partial charge in [0, 0.05) is 4.90 Å². The predicted octanol–water partition coefficient (Wildman–Crippen LogP) is 2.85. The molecule has 0 N–H and O–H groups in total.